The van der Waals surface area contributed by atoms with Gasteiger partial charge in [-0.1, -0.05) is 78.9 Å². The molecule has 0 aliphatic carbocycles. The van der Waals surface area contributed by atoms with Gasteiger partial charge in [0.15, 0.2) is 5.82 Å². The number of benzene rings is 4. The minimum Gasteiger partial charge on any atom is -0.382 e. The van der Waals surface area contributed by atoms with E-state index in [9.17, 15) is 4.79 Å². The van der Waals surface area contributed by atoms with Gasteiger partial charge in [0.05, 0.1) is 10.9 Å². The highest BCUT2D eigenvalue weighted by molar-refractivity contribution is 6.09. The average molecular weight is 391 g/mol. The van der Waals surface area contributed by atoms with Gasteiger partial charge in [-0.2, -0.15) is 5.10 Å². The van der Waals surface area contributed by atoms with E-state index in [0.717, 1.165) is 43.9 Å². The molecule has 0 fully saturated rings. The van der Waals surface area contributed by atoms with Gasteiger partial charge in [0.25, 0.3) is 0 Å². The topological polar surface area (TPSA) is 71.8 Å². The summed E-state index contributed by atoms with van der Waals surface area (Å²) in [6.45, 7) is 0. The molecule has 0 aliphatic heterocycles. The first-order chi connectivity index (χ1) is 14.7. The van der Waals surface area contributed by atoms with Crippen molar-refractivity contribution in [3.63, 3.8) is 0 Å². The zero-order valence-electron chi connectivity index (χ0n) is 16.4. The number of nitrogens with two attached hydrogens (primary N) is 1. The molecule has 4 aromatic carbocycles. The van der Waals surface area contributed by atoms with Crippen LogP contribution in [0.3, 0.4) is 0 Å². The first-order valence-electron chi connectivity index (χ1n) is 10.00. The fourth-order valence-electron chi connectivity index (χ4n) is 4.17. The van der Waals surface area contributed by atoms with Crippen LogP contribution >= 0.6 is 0 Å². The van der Waals surface area contributed by atoms with E-state index in [1.165, 1.54) is 0 Å². The van der Waals surface area contributed by atoms with Gasteiger partial charge in [-0.3, -0.25) is 9.89 Å². The van der Waals surface area contributed by atoms with Crippen LogP contribution in [0.5, 0.6) is 0 Å². The number of H-pyrrole nitrogens is 1. The zero-order valence-corrected chi connectivity index (χ0v) is 16.4. The summed E-state index contributed by atoms with van der Waals surface area (Å²) in [5.74, 6) is 0.701. The minimum atomic E-state index is 0.209. The van der Waals surface area contributed by atoms with Gasteiger partial charge in [-0.05, 0) is 39.1 Å². The Morgan fingerprint density at radius 1 is 0.767 bits per heavy atom. The van der Waals surface area contributed by atoms with Gasteiger partial charge < -0.3 is 5.73 Å². The van der Waals surface area contributed by atoms with Crippen molar-refractivity contribution in [1.29, 1.82) is 0 Å². The first kappa shape index (κ1) is 18.1. The van der Waals surface area contributed by atoms with Gasteiger partial charge in [0.2, 0.25) is 0 Å². The second kappa shape index (κ2) is 7.48. The minimum absolute atomic E-state index is 0.209. The summed E-state index contributed by atoms with van der Waals surface area (Å²) in [7, 11) is 0. The Morgan fingerprint density at radius 3 is 2.37 bits per heavy atom. The maximum atomic E-state index is 12.7. The zero-order chi connectivity index (χ0) is 20.5. The van der Waals surface area contributed by atoms with Crippen molar-refractivity contribution < 1.29 is 4.79 Å². The smallest absolute Gasteiger partial charge is 0.153 e. The van der Waals surface area contributed by atoms with Crippen LogP contribution in [-0.4, -0.2) is 16.0 Å². The van der Waals surface area contributed by atoms with E-state index in [0.29, 0.717) is 18.7 Å². The van der Waals surface area contributed by atoms with Crippen molar-refractivity contribution in [2.75, 3.05) is 5.73 Å². The van der Waals surface area contributed by atoms with Crippen molar-refractivity contribution in [1.82, 2.24) is 10.2 Å². The quantitative estimate of drug-likeness (QED) is 0.426. The van der Waals surface area contributed by atoms with Crippen LogP contribution in [0.25, 0.3) is 32.8 Å². The summed E-state index contributed by atoms with van der Waals surface area (Å²) in [5, 5.41) is 10.3. The van der Waals surface area contributed by atoms with E-state index in [4.69, 9.17) is 5.73 Å². The lowest BCUT2D eigenvalue weighted by Crippen LogP contribution is -2.07. The standard InChI is InChI=1S/C26H21N3O/c27-26-25-23(11-6-12-24(25)28-29-26)22-14-13-18(20-9-4-5-10-21(20)22)16-19(30)15-17-7-2-1-3-8-17/h1-14H,15-16H2,(H3,27,28,29). The van der Waals surface area contributed by atoms with E-state index < -0.39 is 0 Å². The third-order valence-corrected chi connectivity index (χ3v) is 5.55. The molecule has 0 aliphatic rings. The second-order valence-corrected chi connectivity index (χ2v) is 7.53. The molecule has 5 rings (SSSR count). The lowest BCUT2D eigenvalue weighted by atomic mass is 9.91. The molecule has 0 unspecified atom stereocenters. The van der Waals surface area contributed by atoms with Crippen LogP contribution in [0.2, 0.25) is 0 Å². The Labute approximate surface area is 174 Å². The van der Waals surface area contributed by atoms with Crippen molar-refractivity contribution in [3.8, 4) is 11.1 Å². The number of fused-ring (bicyclic) bond motifs is 2. The SMILES string of the molecule is Nc1n[nH]c2cccc(-c3ccc(CC(=O)Cc4ccccc4)c4ccccc34)c12. The van der Waals surface area contributed by atoms with Crippen LogP contribution < -0.4 is 5.73 Å². The normalized spacial score (nSPS) is 11.2. The molecule has 0 radical (unpaired) electrons. The number of carbonyl (C=O) groups is 1. The highest BCUT2D eigenvalue weighted by Crippen LogP contribution is 2.36. The van der Waals surface area contributed by atoms with Gasteiger partial charge in [0, 0.05) is 12.8 Å². The van der Waals surface area contributed by atoms with E-state index in [-0.39, 0.29) is 5.78 Å². The summed E-state index contributed by atoms with van der Waals surface area (Å²) in [5.41, 5.74) is 11.3. The monoisotopic (exact) mass is 391 g/mol. The van der Waals surface area contributed by atoms with E-state index in [1.807, 2.05) is 54.6 Å². The van der Waals surface area contributed by atoms with Gasteiger partial charge >= 0.3 is 0 Å². The number of ketones is 1. The molecule has 0 atom stereocenters. The molecular weight excluding hydrogens is 370 g/mol. The molecule has 0 amide bonds. The number of Topliss-reactive ketones (excluding diaryl/α,β-unsaturated/α-hetero) is 1. The summed E-state index contributed by atoms with van der Waals surface area (Å²) in [6.07, 6.45) is 0.857. The molecule has 0 saturated heterocycles. The van der Waals surface area contributed by atoms with Gasteiger partial charge in [0.1, 0.15) is 5.78 Å². The number of anilines is 1. The molecule has 5 aromatic rings. The van der Waals surface area contributed by atoms with E-state index >= 15 is 0 Å². The summed E-state index contributed by atoms with van der Waals surface area (Å²) in [6, 6.07) is 28.3. The number of hydrogen-bond donors (Lipinski definition) is 2. The highest BCUT2D eigenvalue weighted by Gasteiger charge is 2.15. The Morgan fingerprint density at radius 2 is 1.53 bits per heavy atom. The third-order valence-electron chi connectivity index (χ3n) is 5.55. The maximum Gasteiger partial charge on any atom is 0.153 e. The molecule has 0 saturated carbocycles. The molecule has 4 heteroatoms. The Balaban J connectivity index is 1.57. The molecule has 0 spiro atoms. The number of aromatic nitrogens is 2. The fourth-order valence-corrected chi connectivity index (χ4v) is 4.17. The summed E-state index contributed by atoms with van der Waals surface area (Å²) < 4.78 is 0. The predicted molar refractivity (Wildman–Crippen MR) is 122 cm³/mol. The third kappa shape index (κ3) is 3.22. The number of aromatic amines is 1. The lowest BCUT2D eigenvalue weighted by Gasteiger charge is -2.12. The molecule has 3 N–H and O–H groups in total. The van der Waals surface area contributed by atoms with E-state index in [2.05, 4.69) is 40.5 Å². The Hall–Kier alpha value is -3.92. The van der Waals surface area contributed by atoms with Crippen LogP contribution in [0.1, 0.15) is 11.1 Å². The van der Waals surface area contributed by atoms with Crippen molar-refractivity contribution >= 4 is 33.3 Å². The fraction of sp³-hybridized carbons (Fsp3) is 0.0769. The van der Waals surface area contributed by atoms with Crippen LogP contribution in [0.4, 0.5) is 5.82 Å². The number of hydrogen-bond acceptors (Lipinski definition) is 3. The highest BCUT2D eigenvalue weighted by atomic mass is 16.1. The maximum absolute atomic E-state index is 12.7. The molecule has 4 nitrogen and oxygen atoms in total. The molecule has 1 heterocycles. The van der Waals surface area contributed by atoms with Crippen molar-refractivity contribution in [2.45, 2.75) is 12.8 Å². The van der Waals surface area contributed by atoms with Gasteiger partial charge in [-0.15, -0.1) is 0 Å². The number of nitrogen functional groups attached to an aromatic ring is 1. The molecule has 0 bridgehead atoms. The average Bonchev–Trinajstić information content (AvgIpc) is 3.16. The second-order valence-electron chi connectivity index (χ2n) is 7.53. The van der Waals surface area contributed by atoms with Crippen LogP contribution in [0.15, 0.2) is 84.9 Å². The molecule has 1 aromatic heterocycles. The summed E-state index contributed by atoms with van der Waals surface area (Å²) in [4.78, 5) is 12.7. The van der Waals surface area contributed by atoms with Crippen molar-refractivity contribution in [2.24, 2.45) is 0 Å². The van der Waals surface area contributed by atoms with Crippen molar-refractivity contribution in [3.05, 3.63) is 96.1 Å². The number of carbonyl (C=O) groups excluding carboxylic acids is 1. The molecule has 146 valence electrons. The Kier molecular flexibility index (Phi) is 4.52. The van der Waals surface area contributed by atoms with E-state index in [1.54, 1.807) is 0 Å². The number of nitrogens with one attached hydrogen (secondary N) is 1. The molecule has 30 heavy (non-hydrogen) atoms. The Bertz CT molecular complexity index is 1370. The largest absolute Gasteiger partial charge is 0.382 e. The lowest BCUT2D eigenvalue weighted by molar-refractivity contribution is -0.117. The van der Waals surface area contributed by atoms with Crippen LogP contribution in [-0.2, 0) is 17.6 Å². The first-order valence-corrected chi connectivity index (χ1v) is 10.00. The van der Waals surface area contributed by atoms with Gasteiger partial charge in [-0.25, -0.2) is 0 Å². The predicted octanol–water partition coefficient (Wildman–Crippen LogP) is 5.32. The number of rotatable bonds is 5. The van der Waals surface area contributed by atoms with Crippen LogP contribution in [0, 0.1) is 0 Å². The number of nitrogens with zero attached hydrogens (tertiary/aromatic N) is 1. The molecular formula is C26H21N3O. The summed E-state index contributed by atoms with van der Waals surface area (Å²) >= 11 is 0.